The summed E-state index contributed by atoms with van der Waals surface area (Å²) in [7, 11) is -3.12. The lowest BCUT2D eigenvalue weighted by atomic mass is 10.3. The molecule has 1 N–H and O–H groups in total. The molecule has 1 aliphatic rings. The van der Waals surface area contributed by atoms with Crippen molar-refractivity contribution in [3.8, 4) is 0 Å². The summed E-state index contributed by atoms with van der Waals surface area (Å²) in [5.74, 6) is -0.0685. The fourth-order valence-electron chi connectivity index (χ4n) is 1.33. The maximum Gasteiger partial charge on any atom is 0.407 e. The molecule has 1 fully saturated rings. The van der Waals surface area contributed by atoms with E-state index < -0.39 is 21.2 Å². The second-order valence-electron chi connectivity index (χ2n) is 4.23. The lowest BCUT2D eigenvalue weighted by molar-refractivity contribution is 0.0836. The van der Waals surface area contributed by atoms with Gasteiger partial charge in [-0.2, -0.15) is 0 Å². The Kier molecular flexibility index (Phi) is 5.20. The predicted molar refractivity (Wildman–Crippen MR) is 62.6 cm³/mol. The molecule has 0 unspecified atom stereocenters. The van der Waals surface area contributed by atoms with Gasteiger partial charge in [-0.05, 0) is 13.8 Å². The van der Waals surface area contributed by atoms with Crippen LogP contribution in [0.1, 0.15) is 20.3 Å². The van der Waals surface area contributed by atoms with Crippen LogP contribution >= 0.6 is 0 Å². The molecule has 1 aliphatic heterocycles. The van der Waals surface area contributed by atoms with E-state index in [1.54, 1.807) is 13.8 Å². The maximum atomic E-state index is 11.4. The van der Waals surface area contributed by atoms with Gasteiger partial charge in [-0.1, -0.05) is 0 Å². The summed E-state index contributed by atoms with van der Waals surface area (Å²) >= 11 is 0. The lowest BCUT2D eigenvalue weighted by Crippen LogP contribution is -2.34. The number of sulfone groups is 1. The van der Waals surface area contributed by atoms with Crippen molar-refractivity contribution >= 4 is 15.9 Å². The van der Waals surface area contributed by atoms with Crippen molar-refractivity contribution in [2.75, 3.05) is 25.5 Å². The zero-order valence-corrected chi connectivity index (χ0v) is 11.0. The van der Waals surface area contributed by atoms with E-state index in [1.807, 2.05) is 0 Å². The van der Waals surface area contributed by atoms with Gasteiger partial charge in [0.25, 0.3) is 0 Å². The molecule has 0 aromatic rings. The zero-order chi connectivity index (χ0) is 12.9. The predicted octanol–water partition coefficient (Wildman–Crippen LogP) is 0.325. The van der Waals surface area contributed by atoms with Crippen LogP contribution in [0.5, 0.6) is 0 Å². The first kappa shape index (κ1) is 14.2. The van der Waals surface area contributed by atoms with Gasteiger partial charge in [-0.3, -0.25) is 0 Å². The third kappa shape index (κ3) is 4.91. The summed E-state index contributed by atoms with van der Waals surface area (Å²) in [5, 5.41) is 2.00. The van der Waals surface area contributed by atoms with Gasteiger partial charge in [0.1, 0.15) is 6.10 Å². The molecular weight excluding hydrogens is 246 g/mol. The van der Waals surface area contributed by atoms with Gasteiger partial charge >= 0.3 is 6.09 Å². The van der Waals surface area contributed by atoms with E-state index in [0.717, 1.165) is 0 Å². The molecule has 0 aromatic heterocycles. The van der Waals surface area contributed by atoms with Gasteiger partial charge in [0, 0.05) is 13.0 Å². The van der Waals surface area contributed by atoms with Gasteiger partial charge in [0.2, 0.25) is 0 Å². The zero-order valence-electron chi connectivity index (χ0n) is 10.1. The topological polar surface area (TPSA) is 81.7 Å². The molecule has 0 spiro atoms. The average molecular weight is 265 g/mol. The molecule has 0 bridgehead atoms. The molecule has 1 heterocycles. The van der Waals surface area contributed by atoms with E-state index in [-0.39, 0.29) is 18.4 Å². The van der Waals surface area contributed by atoms with Crippen molar-refractivity contribution in [3.63, 3.8) is 0 Å². The van der Waals surface area contributed by atoms with Crippen LogP contribution in [0, 0.1) is 0 Å². The fraction of sp³-hybridized carbons (Fsp3) is 0.900. The highest BCUT2D eigenvalue weighted by atomic mass is 32.2. The first-order chi connectivity index (χ1) is 7.92. The molecule has 1 amide bonds. The van der Waals surface area contributed by atoms with Gasteiger partial charge in [-0.15, -0.1) is 0 Å². The molecular formula is C10H19NO5S. The molecule has 0 radical (unpaired) electrons. The number of rotatable bonds is 5. The largest absolute Gasteiger partial charge is 0.444 e. The third-order valence-electron chi connectivity index (χ3n) is 2.54. The average Bonchev–Trinajstić information content (AvgIpc) is 2.69. The van der Waals surface area contributed by atoms with Gasteiger partial charge in [-0.25, -0.2) is 13.2 Å². The third-order valence-corrected chi connectivity index (χ3v) is 4.75. The number of nitrogens with one attached hydrogen (secondary N) is 1. The second-order valence-corrected chi connectivity index (χ2v) is 6.91. The Morgan fingerprint density at radius 1 is 1.53 bits per heavy atom. The summed E-state index contributed by atoms with van der Waals surface area (Å²) in [6, 6.07) is 0. The van der Waals surface area contributed by atoms with Crippen LogP contribution in [0.25, 0.3) is 0 Å². The van der Waals surface area contributed by atoms with Crippen molar-refractivity contribution in [2.24, 2.45) is 0 Å². The van der Waals surface area contributed by atoms with Crippen LogP contribution in [-0.4, -0.2) is 51.4 Å². The Bertz CT molecular complexity index is 346. The van der Waals surface area contributed by atoms with Crippen molar-refractivity contribution in [3.05, 3.63) is 0 Å². The SMILES string of the molecule is CC(C)S(=O)(=O)CCNC(=O)O[C@H]1CCOC1. The minimum Gasteiger partial charge on any atom is -0.444 e. The summed E-state index contributed by atoms with van der Waals surface area (Å²) in [4.78, 5) is 11.3. The number of amides is 1. The first-order valence-electron chi connectivity index (χ1n) is 5.65. The highest BCUT2D eigenvalue weighted by Gasteiger charge is 2.20. The van der Waals surface area contributed by atoms with Gasteiger partial charge < -0.3 is 14.8 Å². The van der Waals surface area contributed by atoms with Gasteiger partial charge in [0.15, 0.2) is 9.84 Å². The Labute approximate surface area is 102 Å². The smallest absolute Gasteiger partial charge is 0.407 e. The van der Waals surface area contributed by atoms with Crippen LogP contribution in [0.2, 0.25) is 0 Å². The maximum absolute atomic E-state index is 11.4. The van der Waals surface area contributed by atoms with Crippen molar-refractivity contribution in [1.82, 2.24) is 5.32 Å². The highest BCUT2D eigenvalue weighted by molar-refractivity contribution is 7.92. The Morgan fingerprint density at radius 2 is 2.24 bits per heavy atom. The molecule has 0 aromatic carbocycles. The Hall–Kier alpha value is -0.820. The minimum atomic E-state index is -3.12. The van der Waals surface area contributed by atoms with E-state index >= 15 is 0 Å². The molecule has 0 saturated carbocycles. The normalized spacial score (nSPS) is 20.5. The molecule has 100 valence electrons. The number of hydrogen-bond donors (Lipinski definition) is 1. The van der Waals surface area contributed by atoms with Crippen LogP contribution in [-0.2, 0) is 19.3 Å². The molecule has 7 heteroatoms. The number of alkyl carbamates (subject to hydrolysis) is 1. The molecule has 17 heavy (non-hydrogen) atoms. The fourth-order valence-corrected chi connectivity index (χ4v) is 2.19. The van der Waals surface area contributed by atoms with E-state index in [1.165, 1.54) is 0 Å². The van der Waals surface area contributed by atoms with E-state index in [0.29, 0.717) is 19.6 Å². The van der Waals surface area contributed by atoms with Crippen LogP contribution in [0.4, 0.5) is 4.79 Å². The summed E-state index contributed by atoms with van der Waals surface area (Å²) in [6.45, 7) is 4.32. The Morgan fingerprint density at radius 3 is 2.76 bits per heavy atom. The van der Waals surface area contributed by atoms with Crippen molar-refractivity contribution in [1.29, 1.82) is 0 Å². The number of carbonyl (C=O) groups excluding carboxylic acids is 1. The Balaban J connectivity index is 2.20. The number of ether oxygens (including phenoxy) is 2. The summed E-state index contributed by atoms with van der Waals surface area (Å²) in [5.41, 5.74) is 0. The van der Waals surface area contributed by atoms with E-state index in [4.69, 9.17) is 9.47 Å². The molecule has 1 saturated heterocycles. The second kappa shape index (κ2) is 6.20. The summed E-state index contributed by atoms with van der Waals surface area (Å²) in [6.07, 6.45) is -0.103. The molecule has 0 aliphatic carbocycles. The lowest BCUT2D eigenvalue weighted by Gasteiger charge is -2.12. The standard InChI is InChI=1S/C10H19NO5S/c1-8(2)17(13,14)6-4-11-10(12)16-9-3-5-15-7-9/h8-9H,3-7H2,1-2H3,(H,11,12)/t9-/m0/s1. The van der Waals surface area contributed by atoms with Crippen LogP contribution in [0.3, 0.4) is 0 Å². The van der Waals surface area contributed by atoms with E-state index in [2.05, 4.69) is 5.32 Å². The van der Waals surface area contributed by atoms with Gasteiger partial charge in [0.05, 0.1) is 24.2 Å². The molecule has 1 rings (SSSR count). The quantitative estimate of drug-likeness (QED) is 0.774. The number of hydrogen-bond acceptors (Lipinski definition) is 5. The van der Waals surface area contributed by atoms with Crippen molar-refractivity contribution < 1.29 is 22.7 Å². The van der Waals surface area contributed by atoms with Crippen LogP contribution in [0.15, 0.2) is 0 Å². The first-order valence-corrected chi connectivity index (χ1v) is 7.37. The van der Waals surface area contributed by atoms with Crippen molar-refractivity contribution in [2.45, 2.75) is 31.6 Å². The van der Waals surface area contributed by atoms with E-state index in [9.17, 15) is 13.2 Å². The minimum absolute atomic E-state index is 0.0685. The molecule has 6 nitrogen and oxygen atoms in total. The summed E-state index contributed by atoms with van der Waals surface area (Å²) < 4.78 is 33.0. The monoisotopic (exact) mass is 265 g/mol. The molecule has 1 atom stereocenters. The van der Waals surface area contributed by atoms with Crippen LogP contribution < -0.4 is 5.32 Å². The highest BCUT2D eigenvalue weighted by Crippen LogP contribution is 2.07. The number of carbonyl (C=O) groups is 1.